The Labute approximate surface area is 142 Å². The summed E-state index contributed by atoms with van der Waals surface area (Å²) in [5, 5.41) is 0. The fourth-order valence-corrected chi connectivity index (χ4v) is 3.89. The second-order valence-electron chi connectivity index (χ2n) is 6.44. The van der Waals surface area contributed by atoms with Crippen molar-refractivity contribution in [1.82, 2.24) is 4.31 Å². The molecule has 0 saturated carbocycles. The molecule has 2 fully saturated rings. The molecule has 0 bridgehead atoms. The molecule has 1 atom stereocenters. The lowest BCUT2D eigenvalue weighted by Crippen LogP contribution is -2.61. The van der Waals surface area contributed by atoms with Crippen molar-refractivity contribution < 1.29 is 22.7 Å². The molecule has 3 rings (SSSR count). The van der Waals surface area contributed by atoms with Crippen LogP contribution in [0, 0.1) is 6.92 Å². The largest absolute Gasteiger partial charge is 0.377 e. The number of rotatable bonds is 2. The van der Waals surface area contributed by atoms with E-state index in [1.54, 1.807) is 4.90 Å². The van der Waals surface area contributed by atoms with E-state index < -0.39 is 15.6 Å². The molecular formula is C16H22N2O5S. The third-order valence-corrected chi connectivity index (χ3v) is 5.63. The monoisotopic (exact) mass is 354 g/mol. The predicted octanol–water partition coefficient (Wildman–Crippen LogP) is 0.389. The molecule has 0 N–H and O–H groups in total. The maximum absolute atomic E-state index is 12.3. The summed E-state index contributed by atoms with van der Waals surface area (Å²) < 4.78 is 36.6. The van der Waals surface area contributed by atoms with Crippen molar-refractivity contribution >= 4 is 21.6 Å². The molecule has 1 aromatic rings. The van der Waals surface area contributed by atoms with E-state index in [0.717, 1.165) is 11.3 Å². The Bertz CT molecular complexity index is 718. The van der Waals surface area contributed by atoms with E-state index in [4.69, 9.17) is 9.47 Å². The van der Waals surface area contributed by atoms with Crippen LogP contribution in [0.15, 0.2) is 24.3 Å². The highest BCUT2D eigenvalue weighted by molar-refractivity contribution is 7.88. The number of amides is 1. The average Bonchev–Trinajstić information content (AvgIpc) is 2.74. The minimum absolute atomic E-state index is 0.0885. The molecule has 132 valence electrons. The molecule has 2 aliphatic heterocycles. The number of sulfonamides is 1. The normalized spacial score (nSPS) is 26.6. The van der Waals surface area contributed by atoms with Gasteiger partial charge < -0.3 is 14.4 Å². The van der Waals surface area contributed by atoms with Gasteiger partial charge in [0.25, 0.3) is 5.91 Å². The maximum Gasteiger partial charge on any atom is 0.253 e. The molecule has 7 nitrogen and oxygen atoms in total. The molecule has 8 heteroatoms. The summed E-state index contributed by atoms with van der Waals surface area (Å²) in [4.78, 5) is 13.9. The van der Waals surface area contributed by atoms with Gasteiger partial charge in [-0.2, -0.15) is 4.31 Å². The molecule has 2 heterocycles. The van der Waals surface area contributed by atoms with Crippen molar-refractivity contribution in [3.8, 4) is 0 Å². The van der Waals surface area contributed by atoms with Crippen LogP contribution in [0.1, 0.15) is 5.56 Å². The fraction of sp³-hybridized carbons (Fsp3) is 0.562. The minimum Gasteiger partial charge on any atom is -0.377 e. The molecular weight excluding hydrogens is 332 g/mol. The third-order valence-electron chi connectivity index (χ3n) is 4.38. The van der Waals surface area contributed by atoms with Crippen molar-refractivity contribution in [2.75, 3.05) is 50.6 Å². The van der Waals surface area contributed by atoms with Crippen molar-refractivity contribution in [1.29, 1.82) is 0 Å². The molecule has 0 aromatic heterocycles. The van der Waals surface area contributed by atoms with Crippen molar-refractivity contribution in [3.63, 3.8) is 0 Å². The van der Waals surface area contributed by atoms with E-state index in [1.165, 1.54) is 10.6 Å². The summed E-state index contributed by atoms with van der Waals surface area (Å²) >= 11 is 0. The fourth-order valence-electron chi connectivity index (χ4n) is 3.01. The topological polar surface area (TPSA) is 76.2 Å². The predicted molar refractivity (Wildman–Crippen MR) is 89.5 cm³/mol. The molecule has 0 radical (unpaired) electrons. The zero-order chi connectivity index (χ0) is 17.4. The van der Waals surface area contributed by atoms with Crippen LogP contribution >= 0.6 is 0 Å². The summed E-state index contributed by atoms with van der Waals surface area (Å²) in [7, 11) is -3.36. The number of carbonyl (C=O) groups excluding carboxylic acids is 1. The van der Waals surface area contributed by atoms with E-state index in [2.05, 4.69) is 0 Å². The van der Waals surface area contributed by atoms with Gasteiger partial charge in [-0.15, -0.1) is 0 Å². The number of hydrogen-bond donors (Lipinski definition) is 0. The lowest BCUT2D eigenvalue weighted by molar-refractivity contribution is -0.145. The molecule has 1 amide bonds. The number of nitrogens with zero attached hydrogens (tertiary/aromatic N) is 2. The molecule has 2 saturated heterocycles. The van der Waals surface area contributed by atoms with Gasteiger partial charge in [0.2, 0.25) is 10.0 Å². The molecule has 24 heavy (non-hydrogen) atoms. The SMILES string of the molecule is Cc1ccc(N2CC3(COCCN(S(C)(=O)=O)C3)OCC2=O)cc1. The van der Waals surface area contributed by atoms with Crippen molar-refractivity contribution in [3.05, 3.63) is 29.8 Å². The van der Waals surface area contributed by atoms with Crippen LogP contribution in [-0.4, -0.2) is 69.9 Å². The Morgan fingerprint density at radius 3 is 2.54 bits per heavy atom. The van der Waals surface area contributed by atoms with E-state index in [-0.39, 0.29) is 32.2 Å². The smallest absolute Gasteiger partial charge is 0.253 e. The second-order valence-corrected chi connectivity index (χ2v) is 8.42. The Hall–Kier alpha value is -1.48. The average molecular weight is 354 g/mol. The summed E-state index contributed by atoms with van der Waals surface area (Å²) in [6.07, 6.45) is 1.18. The highest BCUT2D eigenvalue weighted by Gasteiger charge is 2.44. The van der Waals surface area contributed by atoms with Gasteiger partial charge >= 0.3 is 0 Å². The van der Waals surface area contributed by atoms with E-state index in [0.29, 0.717) is 13.2 Å². The first-order valence-corrected chi connectivity index (χ1v) is 9.68. The summed E-state index contributed by atoms with van der Waals surface area (Å²) in [6.45, 7) is 3.21. The molecule has 2 aliphatic rings. The van der Waals surface area contributed by atoms with E-state index >= 15 is 0 Å². The van der Waals surface area contributed by atoms with Gasteiger partial charge in [0.1, 0.15) is 12.2 Å². The Balaban J connectivity index is 1.87. The quantitative estimate of drug-likeness (QED) is 0.768. The van der Waals surface area contributed by atoms with Gasteiger partial charge in [-0.25, -0.2) is 8.42 Å². The Morgan fingerprint density at radius 2 is 1.88 bits per heavy atom. The van der Waals surface area contributed by atoms with Crippen LogP contribution < -0.4 is 4.90 Å². The first-order chi connectivity index (χ1) is 11.3. The number of hydrogen-bond acceptors (Lipinski definition) is 5. The molecule has 1 unspecified atom stereocenters. The zero-order valence-electron chi connectivity index (χ0n) is 13.9. The molecule has 1 spiro atoms. The highest BCUT2D eigenvalue weighted by Crippen LogP contribution is 2.28. The third kappa shape index (κ3) is 3.61. The van der Waals surface area contributed by atoms with Crippen molar-refractivity contribution in [2.45, 2.75) is 12.5 Å². The van der Waals surface area contributed by atoms with E-state index in [9.17, 15) is 13.2 Å². The summed E-state index contributed by atoms with van der Waals surface area (Å²) in [6, 6.07) is 7.66. The van der Waals surface area contributed by atoms with Gasteiger partial charge in [0.05, 0.1) is 26.0 Å². The van der Waals surface area contributed by atoms with Crippen LogP contribution in [-0.2, 0) is 24.3 Å². The first-order valence-electron chi connectivity index (χ1n) is 7.83. The number of ether oxygens (including phenoxy) is 2. The number of aryl methyl sites for hydroxylation is 1. The Kier molecular flexibility index (Phi) is 4.65. The molecule has 1 aromatic carbocycles. The van der Waals surface area contributed by atoms with Gasteiger partial charge in [-0.3, -0.25) is 4.79 Å². The van der Waals surface area contributed by atoms with Crippen LogP contribution in [0.25, 0.3) is 0 Å². The number of benzene rings is 1. The van der Waals surface area contributed by atoms with Crippen LogP contribution in [0.2, 0.25) is 0 Å². The number of anilines is 1. The lowest BCUT2D eigenvalue weighted by Gasteiger charge is -2.42. The zero-order valence-corrected chi connectivity index (χ0v) is 14.7. The Morgan fingerprint density at radius 1 is 1.17 bits per heavy atom. The standard InChI is InChI=1S/C16H22N2O5S/c1-13-3-5-14(6-4-13)18-11-16(23-9-15(18)19)10-17(24(2,20)21)7-8-22-12-16/h3-6H,7-12H2,1-2H3. The van der Waals surface area contributed by atoms with Gasteiger partial charge in [0, 0.05) is 18.8 Å². The van der Waals surface area contributed by atoms with Crippen LogP contribution in [0.5, 0.6) is 0 Å². The van der Waals surface area contributed by atoms with Gasteiger partial charge in [0.15, 0.2) is 0 Å². The van der Waals surface area contributed by atoms with Crippen LogP contribution in [0.4, 0.5) is 5.69 Å². The highest BCUT2D eigenvalue weighted by atomic mass is 32.2. The van der Waals surface area contributed by atoms with Gasteiger partial charge in [-0.05, 0) is 19.1 Å². The van der Waals surface area contributed by atoms with Crippen LogP contribution in [0.3, 0.4) is 0 Å². The minimum atomic E-state index is -3.36. The van der Waals surface area contributed by atoms with Crippen molar-refractivity contribution in [2.24, 2.45) is 0 Å². The lowest BCUT2D eigenvalue weighted by atomic mass is 10.0. The summed E-state index contributed by atoms with van der Waals surface area (Å²) in [5.74, 6) is -0.139. The number of morpholine rings is 1. The van der Waals surface area contributed by atoms with Gasteiger partial charge in [-0.1, -0.05) is 17.7 Å². The maximum atomic E-state index is 12.3. The first kappa shape index (κ1) is 17.3. The molecule has 0 aliphatic carbocycles. The summed E-state index contributed by atoms with van der Waals surface area (Å²) in [5.41, 5.74) is 1.04. The second kappa shape index (κ2) is 6.44. The van der Waals surface area contributed by atoms with E-state index in [1.807, 2.05) is 31.2 Å². The number of carbonyl (C=O) groups is 1.